The van der Waals surface area contributed by atoms with E-state index in [9.17, 15) is 9.59 Å². The van der Waals surface area contributed by atoms with Crippen LogP contribution in [0.1, 0.15) is 54.4 Å². The molecule has 6 nitrogen and oxygen atoms in total. The molecule has 1 aliphatic carbocycles. The van der Waals surface area contributed by atoms with E-state index in [0.717, 1.165) is 36.9 Å². The van der Waals surface area contributed by atoms with Gasteiger partial charge in [-0.2, -0.15) is 5.10 Å². The van der Waals surface area contributed by atoms with Crippen LogP contribution < -0.4 is 5.32 Å². The smallest absolute Gasteiger partial charge is 0.242 e. The molecule has 0 unspecified atom stereocenters. The minimum atomic E-state index is -0.138. The molecule has 0 spiro atoms. The van der Waals surface area contributed by atoms with E-state index in [0.29, 0.717) is 12.3 Å². The number of amides is 1. The first-order chi connectivity index (χ1) is 13.0. The molecule has 1 N–H and O–H groups in total. The molecule has 6 heteroatoms. The summed E-state index contributed by atoms with van der Waals surface area (Å²) in [5, 5.41) is 7.36. The van der Waals surface area contributed by atoms with Crippen LogP contribution in [0, 0.1) is 6.92 Å². The molecule has 1 fully saturated rings. The molecule has 1 heterocycles. The Hall–Kier alpha value is -2.47. The van der Waals surface area contributed by atoms with Crippen molar-refractivity contribution < 1.29 is 14.3 Å². The number of ketones is 1. The van der Waals surface area contributed by atoms with Gasteiger partial charge in [-0.15, -0.1) is 0 Å². The highest BCUT2D eigenvalue weighted by molar-refractivity contribution is 5.93. The highest BCUT2D eigenvalue weighted by Gasteiger charge is 2.27. The van der Waals surface area contributed by atoms with Crippen molar-refractivity contribution in [2.45, 2.75) is 64.8 Å². The van der Waals surface area contributed by atoms with Gasteiger partial charge in [-0.1, -0.05) is 43.2 Å². The van der Waals surface area contributed by atoms with Crippen molar-refractivity contribution in [1.82, 2.24) is 15.1 Å². The van der Waals surface area contributed by atoms with Crippen LogP contribution in [0.15, 0.2) is 36.4 Å². The van der Waals surface area contributed by atoms with Gasteiger partial charge in [-0.05, 0) is 31.4 Å². The predicted molar refractivity (Wildman–Crippen MR) is 102 cm³/mol. The fourth-order valence-corrected chi connectivity index (χ4v) is 3.58. The van der Waals surface area contributed by atoms with Crippen LogP contribution in [0.3, 0.4) is 0 Å². The summed E-state index contributed by atoms with van der Waals surface area (Å²) in [6.07, 6.45) is 4.05. The van der Waals surface area contributed by atoms with Crippen molar-refractivity contribution in [2.75, 3.05) is 0 Å². The Balaban J connectivity index is 1.58. The van der Waals surface area contributed by atoms with Crippen LogP contribution in [0.4, 0.5) is 0 Å². The molecule has 1 aromatic heterocycles. The van der Waals surface area contributed by atoms with Crippen molar-refractivity contribution in [3.05, 3.63) is 53.3 Å². The number of aromatic nitrogens is 2. The van der Waals surface area contributed by atoms with Crippen LogP contribution in [0.2, 0.25) is 0 Å². The van der Waals surface area contributed by atoms with Gasteiger partial charge < -0.3 is 10.1 Å². The molecule has 2 atom stereocenters. The summed E-state index contributed by atoms with van der Waals surface area (Å²) in [6.45, 7) is 3.89. The predicted octanol–water partition coefficient (Wildman–Crippen LogP) is 3.04. The lowest BCUT2D eigenvalue weighted by Crippen LogP contribution is -2.47. The number of Topliss-reactive ketones (excluding diaryl/α,β-unsaturated/α-hetero) is 1. The number of carbonyl (C=O) groups is 2. The van der Waals surface area contributed by atoms with Crippen LogP contribution in [-0.4, -0.2) is 33.6 Å². The number of nitrogens with zero attached hydrogens (tertiary/aromatic N) is 2. The van der Waals surface area contributed by atoms with E-state index in [-0.39, 0.29) is 30.4 Å². The molecule has 0 radical (unpaired) electrons. The first-order valence-corrected chi connectivity index (χ1v) is 9.53. The zero-order valence-corrected chi connectivity index (χ0v) is 16.0. The van der Waals surface area contributed by atoms with Gasteiger partial charge in [0.2, 0.25) is 5.91 Å². The lowest BCUT2D eigenvalue weighted by Gasteiger charge is -2.32. The molecule has 3 rings (SSSR count). The molecule has 27 heavy (non-hydrogen) atoms. The van der Waals surface area contributed by atoms with E-state index in [1.807, 2.05) is 37.3 Å². The molecular formula is C21H27N3O3. The first kappa shape index (κ1) is 19.3. The molecular weight excluding hydrogens is 342 g/mol. The second-order valence-electron chi connectivity index (χ2n) is 7.18. The van der Waals surface area contributed by atoms with Crippen LogP contribution in [-0.2, 0) is 22.7 Å². The molecule has 1 amide bonds. The van der Waals surface area contributed by atoms with Crippen molar-refractivity contribution in [3.8, 4) is 0 Å². The average Bonchev–Trinajstić information content (AvgIpc) is 3.02. The summed E-state index contributed by atoms with van der Waals surface area (Å²) in [6, 6.07) is 11.8. The zero-order valence-electron chi connectivity index (χ0n) is 16.0. The van der Waals surface area contributed by atoms with Crippen molar-refractivity contribution in [3.63, 3.8) is 0 Å². The molecule has 2 aromatic rings. The highest BCUT2D eigenvalue weighted by atomic mass is 16.5. The number of hydrogen-bond donors (Lipinski definition) is 1. The highest BCUT2D eigenvalue weighted by Crippen LogP contribution is 2.22. The first-order valence-electron chi connectivity index (χ1n) is 9.53. The van der Waals surface area contributed by atoms with Crippen LogP contribution >= 0.6 is 0 Å². The van der Waals surface area contributed by atoms with Gasteiger partial charge in [0.15, 0.2) is 5.78 Å². The monoisotopic (exact) mass is 369 g/mol. The normalized spacial score (nSPS) is 19.6. The second-order valence-corrected chi connectivity index (χ2v) is 7.18. The van der Waals surface area contributed by atoms with E-state index in [2.05, 4.69) is 10.4 Å². The lowest BCUT2D eigenvalue weighted by molar-refractivity contribution is -0.124. The van der Waals surface area contributed by atoms with Gasteiger partial charge in [-0.25, -0.2) is 0 Å². The van der Waals surface area contributed by atoms with Crippen molar-refractivity contribution in [1.29, 1.82) is 0 Å². The van der Waals surface area contributed by atoms with E-state index < -0.39 is 0 Å². The number of nitrogens with one attached hydrogen (secondary N) is 1. The number of carbonyl (C=O) groups excluding carboxylic acids is 2. The Bertz CT molecular complexity index is 785. The van der Waals surface area contributed by atoms with Gasteiger partial charge in [0, 0.05) is 6.92 Å². The summed E-state index contributed by atoms with van der Waals surface area (Å²) >= 11 is 0. The van der Waals surface area contributed by atoms with E-state index in [1.54, 1.807) is 6.07 Å². The summed E-state index contributed by atoms with van der Waals surface area (Å²) in [5.74, 6) is -0.231. The number of benzene rings is 1. The van der Waals surface area contributed by atoms with E-state index in [1.165, 1.54) is 11.6 Å². The number of rotatable bonds is 7. The Morgan fingerprint density at radius 1 is 1.22 bits per heavy atom. The molecule has 1 aromatic carbocycles. The van der Waals surface area contributed by atoms with Crippen molar-refractivity contribution in [2.24, 2.45) is 0 Å². The quantitative estimate of drug-likeness (QED) is 0.762. The molecule has 144 valence electrons. The summed E-state index contributed by atoms with van der Waals surface area (Å²) in [4.78, 5) is 24.3. The average molecular weight is 369 g/mol. The van der Waals surface area contributed by atoms with E-state index in [4.69, 9.17) is 4.74 Å². The van der Waals surface area contributed by atoms with Crippen molar-refractivity contribution >= 4 is 11.7 Å². The third-order valence-electron chi connectivity index (χ3n) is 4.91. The maximum atomic E-state index is 12.5. The summed E-state index contributed by atoms with van der Waals surface area (Å²) in [5.41, 5.74) is 2.32. The number of hydrogen-bond acceptors (Lipinski definition) is 4. The third-order valence-corrected chi connectivity index (χ3v) is 4.91. The van der Waals surface area contributed by atoms with Crippen LogP contribution in [0.5, 0.6) is 0 Å². The van der Waals surface area contributed by atoms with Gasteiger partial charge in [0.05, 0.1) is 24.4 Å². The Kier molecular flexibility index (Phi) is 6.40. The largest absolute Gasteiger partial charge is 0.371 e. The Labute approximate surface area is 159 Å². The topological polar surface area (TPSA) is 73.2 Å². The minimum absolute atomic E-state index is 0.00704. The molecule has 0 saturated heterocycles. The van der Waals surface area contributed by atoms with Gasteiger partial charge in [-0.3, -0.25) is 14.3 Å². The van der Waals surface area contributed by atoms with E-state index >= 15 is 0 Å². The lowest BCUT2D eigenvalue weighted by atomic mass is 9.92. The number of aryl methyl sites for hydroxylation is 1. The molecule has 0 aliphatic heterocycles. The number of ether oxygens (including phenoxy) is 1. The summed E-state index contributed by atoms with van der Waals surface area (Å²) in [7, 11) is 0. The fraction of sp³-hybridized carbons (Fsp3) is 0.476. The van der Waals surface area contributed by atoms with Gasteiger partial charge >= 0.3 is 0 Å². The molecule has 0 bridgehead atoms. The SMILES string of the molecule is CC(=O)c1cc(C)nn1CC(=O)N[C@H]1CCCC[C@@H]1OCc1ccccc1. The van der Waals surface area contributed by atoms with Gasteiger partial charge in [0.1, 0.15) is 12.2 Å². The summed E-state index contributed by atoms with van der Waals surface area (Å²) < 4.78 is 7.59. The molecule has 1 aliphatic rings. The molecule has 1 saturated carbocycles. The third kappa shape index (κ3) is 5.26. The Morgan fingerprint density at radius 2 is 1.96 bits per heavy atom. The van der Waals surface area contributed by atoms with Gasteiger partial charge in [0.25, 0.3) is 0 Å². The maximum Gasteiger partial charge on any atom is 0.242 e. The maximum absolute atomic E-state index is 12.5. The van der Waals surface area contributed by atoms with Crippen LogP contribution in [0.25, 0.3) is 0 Å². The second kappa shape index (κ2) is 8.95. The Morgan fingerprint density at radius 3 is 2.70 bits per heavy atom. The minimum Gasteiger partial charge on any atom is -0.371 e. The standard InChI is InChI=1S/C21H27N3O3/c1-15-12-19(16(2)25)24(23-15)13-21(26)22-18-10-6-7-11-20(18)27-14-17-8-4-3-5-9-17/h3-5,8-9,12,18,20H,6-7,10-11,13-14H2,1-2H3,(H,22,26)/t18-,20-/m0/s1. The fourth-order valence-electron chi connectivity index (χ4n) is 3.58. The zero-order chi connectivity index (χ0) is 19.2.